The molecule has 0 radical (unpaired) electrons. The predicted molar refractivity (Wildman–Crippen MR) is 69.4 cm³/mol. The Morgan fingerprint density at radius 2 is 2.00 bits per heavy atom. The van der Waals surface area contributed by atoms with Crippen LogP contribution >= 0.6 is 0 Å². The molecule has 0 rings (SSSR count). The molecule has 5 heteroatoms. The molecule has 0 aromatic carbocycles. The molecule has 0 saturated heterocycles. The maximum Gasteiger partial charge on any atom is 0.328 e. The number of rotatable bonds is 10. The zero-order chi connectivity index (χ0) is 14.0. The summed E-state index contributed by atoms with van der Waals surface area (Å²) in [6.07, 6.45) is 4.56. The van der Waals surface area contributed by atoms with Gasteiger partial charge in [-0.05, 0) is 12.3 Å². The first kappa shape index (κ1) is 16.9. The molecule has 0 aromatic rings. The third kappa shape index (κ3) is 7.27. The SMILES string of the molecule is CCCCC(CC)CC(=O)NC(COC)C(=O)O. The Hall–Kier alpha value is -1.10. The second kappa shape index (κ2) is 9.88. The summed E-state index contributed by atoms with van der Waals surface area (Å²) in [5.41, 5.74) is 0. The molecule has 18 heavy (non-hydrogen) atoms. The van der Waals surface area contributed by atoms with E-state index < -0.39 is 12.0 Å². The highest BCUT2D eigenvalue weighted by Gasteiger charge is 2.21. The maximum absolute atomic E-state index is 11.7. The van der Waals surface area contributed by atoms with Gasteiger partial charge in [0.15, 0.2) is 6.04 Å². The summed E-state index contributed by atoms with van der Waals surface area (Å²) in [7, 11) is 1.41. The van der Waals surface area contributed by atoms with Gasteiger partial charge >= 0.3 is 5.97 Å². The number of hydrogen-bond donors (Lipinski definition) is 2. The maximum atomic E-state index is 11.7. The van der Waals surface area contributed by atoms with Crippen molar-refractivity contribution >= 4 is 11.9 Å². The van der Waals surface area contributed by atoms with Crippen molar-refractivity contribution in [1.82, 2.24) is 5.32 Å². The van der Waals surface area contributed by atoms with Crippen LogP contribution in [0, 0.1) is 5.92 Å². The number of ether oxygens (including phenoxy) is 1. The highest BCUT2D eigenvalue weighted by molar-refractivity contribution is 5.83. The molecule has 0 saturated carbocycles. The molecule has 1 amide bonds. The van der Waals surface area contributed by atoms with Crippen molar-refractivity contribution in [3.8, 4) is 0 Å². The van der Waals surface area contributed by atoms with Gasteiger partial charge in [0.25, 0.3) is 0 Å². The van der Waals surface area contributed by atoms with Crippen LogP contribution in [-0.4, -0.2) is 36.7 Å². The number of hydrogen-bond acceptors (Lipinski definition) is 3. The second-order valence-electron chi connectivity index (χ2n) is 4.53. The molecule has 0 fully saturated rings. The van der Waals surface area contributed by atoms with E-state index in [9.17, 15) is 9.59 Å². The summed E-state index contributed by atoms with van der Waals surface area (Å²) in [5.74, 6) is -0.934. The van der Waals surface area contributed by atoms with Gasteiger partial charge in [-0.3, -0.25) is 4.79 Å². The molecule has 2 unspecified atom stereocenters. The molecule has 2 atom stereocenters. The lowest BCUT2D eigenvalue weighted by Crippen LogP contribution is -2.44. The zero-order valence-corrected chi connectivity index (χ0v) is 11.6. The van der Waals surface area contributed by atoms with Gasteiger partial charge in [-0.2, -0.15) is 0 Å². The molecule has 0 aliphatic heterocycles. The summed E-state index contributed by atoms with van der Waals surface area (Å²) in [6.45, 7) is 4.16. The van der Waals surface area contributed by atoms with Gasteiger partial charge in [-0.25, -0.2) is 4.79 Å². The fourth-order valence-electron chi connectivity index (χ4n) is 1.80. The van der Waals surface area contributed by atoms with E-state index in [1.54, 1.807) is 0 Å². The minimum atomic E-state index is -1.06. The lowest BCUT2D eigenvalue weighted by molar-refractivity contribution is -0.143. The Kier molecular flexibility index (Phi) is 9.28. The van der Waals surface area contributed by atoms with Crippen LogP contribution in [0.15, 0.2) is 0 Å². The van der Waals surface area contributed by atoms with Crippen LogP contribution in [0.1, 0.15) is 46.0 Å². The van der Waals surface area contributed by atoms with E-state index in [2.05, 4.69) is 19.2 Å². The molecule has 5 nitrogen and oxygen atoms in total. The molecule has 0 aliphatic carbocycles. The molecule has 0 heterocycles. The topological polar surface area (TPSA) is 75.6 Å². The zero-order valence-electron chi connectivity index (χ0n) is 11.6. The van der Waals surface area contributed by atoms with Crippen molar-refractivity contribution in [2.75, 3.05) is 13.7 Å². The van der Waals surface area contributed by atoms with Gasteiger partial charge in [-0.1, -0.05) is 33.1 Å². The normalized spacial score (nSPS) is 13.9. The van der Waals surface area contributed by atoms with Crippen molar-refractivity contribution in [2.24, 2.45) is 5.92 Å². The van der Waals surface area contributed by atoms with E-state index in [0.717, 1.165) is 25.7 Å². The molecular formula is C13H25NO4. The lowest BCUT2D eigenvalue weighted by Gasteiger charge is -2.17. The van der Waals surface area contributed by atoms with E-state index in [0.29, 0.717) is 12.3 Å². The quantitative estimate of drug-likeness (QED) is 0.627. The van der Waals surface area contributed by atoms with Gasteiger partial charge in [0.2, 0.25) is 5.91 Å². The first-order valence-corrected chi connectivity index (χ1v) is 6.56. The van der Waals surface area contributed by atoms with Crippen LogP contribution in [-0.2, 0) is 14.3 Å². The summed E-state index contributed by atoms with van der Waals surface area (Å²) >= 11 is 0. The van der Waals surface area contributed by atoms with Crippen molar-refractivity contribution in [3.05, 3.63) is 0 Å². The minimum Gasteiger partial charge on any atom is -0.480 e. The van der Waals surface area contributed by atoms with E-state index in [1.807, 2.05) is 0 Å². The molecular weight excluding hydrogens is 234 g/mol. The van der Waals surface area contributed by atoms with Gasteiger partial charge in [0.1, 0.15) is 0 Å². The first-order valence-electron chi connectivity index (χ1n) is 6.56. The Balaban J connectivity index is 4.16. The van der Waals surface area contributed by atoms with Crippen LogP contribution in [0.25, 0.3) is 0 Å². The highest BCUT2D eigenvalue weighted by Crippen LogP contribution is 2.16. The summed E-state index contributed by atoms with van der Waals surface area (Å²) in [4.78, 5) is 22.6. The lowest BCUT2D eigenvalue weighted by atomic mass is 9.95. The number of carboxylic acid groups (broad SMARTS) is 1. The number of unbranched alkanes of at least 4 members (excludes halogenated alkanes) is 1. The number of carboxylic acids is 1. The van der Waals surface area contributed by atoms with Gasteiger partial charge in [0.05, 0.1) is 6.61 Å². The number of methoxy groups -OCH3 is 1. The molecule has 106 valence electrons. The van der Waals surface area contributed by atoms with Crippen LogP contribution in [0.4, 0.5) is 0 Å². The molecule has 0 aliphatic rings. The number of carbonyl (C=O) groups is 2. The smallest absolute Gasteiger partial charge is 0.328 e. The van der Waals surface area contributed by atoms with Crippen molar-refractivity contribution in [1.29, 1.82) is 0 Å². The number of carbonyl (C=O) groups excluding carboxylic acids is 1. The highest BCUT2D eigenvalue weighted by atomic mass is 16.5. The van der Waals surface area contributed by atoms with Crippen LogP contribution in [0.2, 0.25) is 0 Å². The standard InChI is InChI=1S/C13H25NO4/c1-4-6-7-10(5-2)8-12(15)14-11(9-18-3)13(16)17/h10-11H,4-9H2,1-3H3,(H,14,15)(H,16,17). The summed E-state index contributed by atoms with van der Waals surface area (Å²) < 4.78 is 4.77. The van der Waals surface area contributed by atoms with Crippen molar-refractivity contribution in [3.63, 3.8) is 0 Å². The third-order valence-electron chi connectivity index (χ3n) is 2.98. The predicted octanol–water partition coefficient (Wildman–Crippen LogP) is 1.81. The minimum absolute atomic E-state index is 0.00712. The Morgan fingerprint density at radius 1 is 1.33 bits per heavy atom. The van der Waals surface area contributed by atoms with Crippen LogP contribution in [0.5, 0.6) is 0 Å². The van der Waals surface area contributed by atoms with Gasteiger partial charge in [0, 0.05) is 13.5 Å². The van der Waals surface area contributed by atoms with Crippen molar-refractivity contribution in [2.45, 2.75) is 52.0 Å². The second-order valence-corrected chi connectivity index (χ2v) is 4.53. The van der Waals surface area contributed by atoms with E-state index in [4.69, 9.17) is 9.84 Å². The largest absolute Gasteiger partial charge is 0.480 e. The average molecular weight is 259 g/mol. The summed E-state index contributed by atoms with van der Waals surface area (Å²) in [6, 6.07) is -0.953. The summed E-state index contributed by atoms with van der Waals surface area (Å²) in [5, 5.41) is 11.4. The van der Waals surface area contributed by atoms with E-state index in [1.165, 1.54) is 7.11 Å². The van der Waals surface area contributed by atoms with Gasteiger partial charge < -0.3 is 15.2 Å². The molecule has 0 aromatic heterocycles. The first-order chi connectivity index (χ1) is 8.54. The van der Waals surface area contributed by atoms with Gasteiger partial charge in [-0.15, -0.1) is 0 Å². The fraction of sp³-hybridized carbons (Fsp3) is 0.846. The fourth-order valence-corrected chi connectivity index (χ4v) is 1.80. The van der Waals surface area contributed by atoms with Crippen LogP contribution < -0.4 is 5.32 Å². The molecule has 2 N–H and O–H groups in total. The Morgan fingerprint density at radius 3 is 2.44 bits per heavy atom. The Labute approximate surface area is 109 Å². The number of nitrogens with one attached hydrogen (secondary N) is 1. The average Bonchev–Trinajstić information content (AvgIpc) is 2.33. The Bertz CT molecular complexity index is 255. The third-order valence-corrected chi connectivity index (χ3v) is 2.98. The van der Waals surface area contributed by atoms with E-state index in [-0.39, 0.29) is 12.5 Å². The number of amides is 1. The van der Waals surface area contributed by atoms with Crippen molar-refractivity contribution < 1.29 is 19.4 Å². The van der Waals surface area contributed by atoms with Crippen LogP contribution in [0.3, 0.4) is 0 Å². The molecule has 0 bridgehead atoms. The number of aliphatic carboxylic acids is 1. The molecule has 0 spiro atoms. The monoisotopic (exact) mass is 259 g/mol. The van der Waals surface area contributed by atoms with E-state index >= 15 is 0 Å².